The van der Waals surface area contributed by atoms with Crippen LogP contribution in [0.15, 0.2) is 23.7 Å². The third-order valence-electron chi connectivity index (χ3n) is 5.46. The summed E-state index contributed by atoms with van der Waals surface area (Å²) in [6.07, 6.45) is -2.47. The Balaban J connectivity index is 1.63. The van der Waals surface area contributed by atoms with Crippen molar-refractivity contribution in [2.75, 3.05) is 25.0 Å². The van der Waals surface area contributed by atoms with Gasteiger partial charge in [-0.2, -0.15) is 18.2 Å². The molecule has 1 fully saturated rings. The van der Waals surface area contributed by atoms with Gasteiger partial charge in [-0.3, -0.25) is 4.79 Å². The van der Waals surface area contributed by atoms with E-state index < -0.39 is 17.6 Å². The number of aryl methyl sites for hydroxylation is 1. The van der Waals surface area contributed by atoms with Crippen molar-refractivity contribution in [3.8, 4) is 5.88 Å². The van der Waals surface area contributed by atoms with Gasteiger partial charge < -0.3 is 15.0 Å². The molecule has 11 heteroatoms. The number of aromatic nitrogens is 3. The second-order valence-electron chi connectivity index (χ2n) is 7.74. The monoisotopic (exact) mass is 465 g/mol. The Hall–Kier alpha value is -2.95. The molecule has 0 saturated carbocycles. The highest BCUT2D eigenvalue weighted by Crippen LogP contribution is 2.40. The number of anilines is 1. The summed E-state index contributed by atoms with van der Waals surface area (Å²) >= 11 is 0.876. The van der Waals surface area contributed by atoms with Crippen molar-refractivity contribution in [2.24, 2.45) is 5.92 Å². The molecule has 1 aliphatic heterocycles. The Labute approximate surface area is 186 Å². The van der Waals surface area contributed by atoms with Crippen molar-refractivity contribution in [1.82, 2.24) is 20.3 Å². The predicted octanol–water partition coefficient (Wildman–Crippen LogP) is 4.07. The van der Waals surface area contributed by atoms with Crippen LogP contribution in [0.3, 0.4) is 0 Å². The van der Waals surface area contributed by atoms with Crippen LogP contribution in [0.2, 0.25) is 0 Å². The van der Waals surface area contributed by atoms with E-state index in [9.17, 15) is 18.0 Å². The average Bonchev–Trinajstić information content (AvgIpc) is 3.17. The van der Waals surface area contributed by atoms with Crippen LogP contribution in [0, 0.1) is 12.8 Å². The molecule has 7 nitrogen and oxygen atoms in total. The molecule has 1 aliphatic rings. The first-order valence-corrected chi connectivity index (χ1v) is 11.0. The number of rotatable bonds is 4. The maximum Gasteiger partial charge on any atom is 0.417 e. The molecule has 4 heterocycles. The van der Waals surface area contributed by atoms with E-state index >= 15 is 0 Å². The highest BCUT2D eigenvalue weighted by atomic mass is 32.1. The van der Waals surface area contributed by atoms with Crippen molar-refractivity contribution in [2.45, 2.75) is 32.5 Å². The van der Waals surface area contributed by atoms with E-state index in [2.05, 4.69) is 20.3 Å². The summed E-state index contributed by atoms with van der Waals surface area (Å²) in [5.74, 6) is 0.848. The Bertz CT molecular complexity index is 1150. The normalized spacial score (nSPS) is 19.2. The molecule has 0 bridgehead atoms. The maximum absolute atomic E-state index is 13.8. The molecule has 0 radical (unpaired) electrons. The van der Waals surface area contributed by atoms with Crippen molar-refractivity contribution >= 4 is 33.3 Å². The molecule has 2 atom stereocenters. The van der Waals surface area contributed by atoms with Crippen LogP contribution in [0.4, 0.5) is 19.0 Å². The first kappa shape index (κ1) is 22.3. The number of nitrogens with zero attached hydrogens (tertiary/aromatic N) is 4. The molecule has 1 saturated heterocycles. The number of hydrogen-bond donors (Lipinski definition) is 1. The molecule has 0 aliphatic carbocycles. The van der Waals surface area contributed by atoms with Gasteiger partial charge in [0.2, 0.25) is 5.88 Å². The quantitative estimate of drug-likeness (QED) is 0.626. The fraction of sp³-hybridized carbons (Fsp3) is 0.429. The van der Waals surface area contributed by atoms with E-state index in [0.29, 0.717) is 31.2 Å². The van der Waals surface area contributed by atoms with Gasteiger partial charge >= 0.3 is 6.18 Å². The third-order valence-corrected chi connectivity index (χ3v) is 6.46. The van der Waals surface area contributed by atoms with Gasteiger partial charge in [-0.25, -0.2) is 9.97 Å². The molecule has 3 aromatic rings. The molecular weight excluding hydrogens is 443 g/mol. The maximum atomic E-state index is 13.8. The first-order valence-electron chi connectivity index (χ1n) is 10.1. The molecule has 0 spiro atoms. The molecule has 4 rings (SSSR count). The Morgan fingerprint density at radius 1 is 1.34 bits per heavy atom. The second-order valence-corrected chi connectivity index (χ2v) is 8.62. The van der Waals surface area contributed by atoms with Gasteiger partial charge in [-0.05, 0) is 13.0 Å². The first-order chi connectivity index (χ1) is 15.2. The van der Waals surface area contributed by atoms with Crippen LogP contribution in [0.5, 0.6) is 5.88 Å². The molecule has 0 aromatic carbocycles. The summed E-state index contributed by atoms with van der Waals surface area (Å²) in [5.41, 5.74) is -0.563. The molecule has 170 valence electrons. The molecule has 1 amide bonds. The zero-order valence-corrected chi connectivity index (χ0v) is 18.5. The lowest BCUT2D eigenvalue weighted by Gasteiger charge is -2.37. The van der Waals surface area contributed by atoms with E-state index in [-0.39, 0.29) is 33.6 Å². The van der Waals surface area contributed by atoms with Crippen LogP contribution in [-0.4, -0.2) is 47.1 Å². The van der Waals surface area contributed by atoms with Crippen LogP contribution in [0.25, 0.3) is 10.2 Å². The number of fused-ring (bicyclic) bond motifs is 1. The van der Waals surface area contributed by atoms with Gasteiger partial charge in [0, 0.05) is 50.1 Å². The fourth-order valence-corrected chi connectivity index (χ4v) is 4.85. The standard InChI is InChI=1S/C21H22F3N5O2S/c1-11-9-29(7-5-15(11)31-17-4-6-26-12(2)27-17)16-8-14(21(22,23)24)19-18(28-16)13(10-32-19)20(30)25-3/h4,6,8,10-11,15H,5,7,9H2,1-3H3,(H,25,30)/t11-,15-/m1/s1. The van der Waals surface area contributed by atoms with E-state index in [1.165, 1.54) is 12.4 Å². The zero-order chi connectivity index (χ0) is 23.0. The van der Waals surface area contributed by atoms with Crippen molar-refractivity contribution < 1.29 is 22.7 Å². The lowest BCUT2D eigenvalue weighted by molar-refractivity contribution is -0.136. The van der Waals surface area contributed by atoms with Gasteiger partial charge in [0.25, 0.3) is 5.91 Å². The number of nitrogens with one attached hydrogen (secondary N) is 1. The topological polar surface area (TPSA) is 80.2 Å². The average molecular weight is 466 g/mol. The molecule has 32 heavy (non-hydrogen) atoms. The van der Waals surface area contributed by atoms with Gasteiger partial charge in [-0.15, -0.1) is 11.3 Å². The summed E-state index contributed by atoms with van der Waals surface area (Å²) in [7, 11) is 1.44. The largest absolute Gasteiger partial charge is 0.474 e. The van der Waals surface area contributed by atoms with E-state index in [1.54, 1.807) is 19.2 Å². The van der Waals surface area contributed by atoms with E-state index in [1.807, 2.05) is 11.8 Å². The number of hydrogen-bond acceptors (Lipinski definition) is 7. The molecule has 1 N–H and O–H groups in total. The Morgan fingerprint density at radius 3 is 2.78 bits per heavy atom. The number of halogens is 3. The number of amides is 1. The minimum atomic E-state index is -4.56. The minimum absolute atomic E-state index is 0.0201. The second kappa shape index (κ2) is 8.53. The molecule has 3 aromatic heterocycles. The number of ether oxygens (including phenoxy) is 1. The highest BCUT2D eigenvalue weighted by Gasteiger charge is 2.37. The summed E-state index contributed by atoms with van der Waals surface area (Å²) in [6.45, 7) is 4.68. The molecule has 0 unspecified atom stereocenters. The Kier molecular flexibility index (Phi) is 5.93. The fourth-order valence-electron chi connectivity index (χ4n) is 3.83. The number of thiophene rings is 1. The van der Waals surface area contributed by atoms with Crippen molar-refractivity contribution in [3.05, 3.63) is 40.7 Å². The Morgan fingerprint density at radius 2 is 2.12 bits per heavy atom. The van der Waals surface area contributed by atoms with Crippen LogP contribution in [0.1, 0.15) is 35.1 Å². The SMILES string of the molecule is CNC(=O)c1csc2c(C(F)(F)F)cc(N3CC[C@@H](Oc4ccnc(C)n4)[C@H](C)C3)nc12. The van der Waals surface area contributed by atoms with Crippen molar-refractivity contribution in [3.63, 3.8) is 0 Å². The van der Waals surface area contributed by atoms with Gasteiger partial charge in [0.15, 0.2) is 0 Å². The highest BCUT2D eigenvalue weighted by molar-refractivity contribution is 7.17. The van der Waals surface area contributed by atoms with Crippen LogP contribution < -0.4 is 15.0 Å². The van der Waals surface area contributed by atoms with Gasteiger partial charge in [0.05, 0.1) is 21.3 Å². The third kappa shape index (κ3) is 4.34. The summed E-state index contributed by atoms with van der Waals surface area (Å²) < 4.78 is 47.4. The number of carbonyl (C=O) groups excluding carboxylic acids is 1. The number of piperidine rings is 1. The minimum Gasteiger partial charge on any atom is -0.474 e. The molecular formula is C21H22F3N5O2S. The summed E-state index contributed by atoms with van der Waals surface area (Å²) in [4.78, 5) is 26.8. The van der Waals surface area contributed by atoms with Crippen LogP contribution >= 0.6 is 11.3 Å². The van der Waals surface area contributed by atoms with Gasteiger partial charge in [-0.1, -0.05) is 6.92 Å². The predicted molar refractivity (Wildman–Crippen MR) is 115 cm³/mol. The lowest BCUT2D eigenvalue weighted by Crippen LogP contribution is -2.45. The van der Waals surface area contributed by atoms with Crippen LogP contribution in [-0.2, 0) is 6.18 Å². The number of carbonyl (C=O) groups is 1. The lowest BCUT2D eigenvalue weighted by atomic mass is 9.96. The zero-order valence-electron chi connectivity index (χ0n) is 17.7. The van der Waals surface area contributed by atoms with E-state index in [4.69, 9.17) is 4.74 Å². The van der Waals surface area contributed by atoms with E-state index in [0.717, 1.165) is 17.4 Å². The number of pyridine rings is 1. The smallest absolute Gasteiger partial charge is 0.417 e. The van der Waals surface area contributed by atoms with Crippen molar-refractivity contribution in [1.29, 1.82) is 0 Å². The van der Waals surface area contributed by atoms with Gasteiger partial charge in [0.1, 0.15) is 17.7 Å². The summed E-state index contributed by atoms with van der Waals surface area (Å²) in [6, 6.07) is 2.77. The summed E-state index contributed by atoms with van der Waals surface area (Å²) in [5, 5.41) is 3.88. The number of alkyl halides is 3.